The quantitative estimate of drug-likeness (QED) is 0.196. The van der Waals surface area contributed by atoms with Crippen LogP contribution in [0.3, 0.4) is 0 Å². The number of unbranched alkanes of at least 4 members (excludes halogenated alkanes) is 3. The molecular formula is C16H35O5P. The van der Waals surface area contributed by atoms with E-state index in [0.29, 0.717) is 5.92 Å². The van der Waals surface area contributed by atoms with Crippen molar-refractivity contribution in [2.24, 2.45) is 11.8 Å². The van der Waals surface area contributed by atoms with Gasteiger partial charge in [0.15, 0.2) is 0 Å². The lowest BCUT2D eigenvalue weighted by Crippen LogP contribution is -2.13. The maximum atomic E-state index is 10.8. The van der Waals surface area contributed by atoms with Gasteiger partial charge in [0, 0.05) is 0 Å². The second-order valence-electron chi connectivity index (χ2n) is 6.99. The predicted molar refractivity (Wildman–Crippen MR) is 89.2 cm³/mol. The van der Waals surface area contributed by atoms with Crippen molar-refractivity contribution in [3.8, 4) is 0 Å². The minimum Gasteiger partial charge on any atom is -0.301 e. The molecule has 5 nitrogen and oxygen atoms in total. The maximum Gasteiger partial charge on any atom is 0.496 e. The van der Waals surface area contributed by atoms with Crippen LogP contribution in [-0.2, 0) is 14.1 Å². The zero-order valence-corrected chi connectivity index (χ0v) is 15.6. The van der Waals surface area contributed by atoms with E-state index in [-0.39, 0.29) is 6.10 Å². The molecule has 0 aromatic carbocycles. The summed E-state index contributed by atoms with van der Waals surface area (Å²) in [5, 5.41) is 0. The van der Waals surface area contributed by atoms with Crippen molar-refractivity contribution in [3.05, 3.63) is 0 Å². The SMILES string of the molecule is CC(C)CCCCCC(CCCCC(C)C)OOP(=O)(O)O. The minimum atomic E-state index is -4.55. The molecule has 0 amide bonds. The summed E-state index contributed by atoms with van der Waals surface area (Å²) >= 11 is 0. The van der Waals surface area contributed by atoms with Crippen molar-refractivity contribution in [2.45, 2.75) is 91.6 Å². The van der Waals surface area contributed by atoms with Crippen LogP contribution in [0.2, 0.25) is 0 Å². The van der Waals surface area contributed by atoms with Gasteiger partial charge in [-0.25, -0.2) is 9.45 Å². The van der Waals surface area contributed by atoms with Gasteiger partial charge in [0.05, 0.1) is 6.10 Å². The van der Waals surface area contributed by atoms with E-state index in [9.17, 15) is 4.57 Å². The molecule has 0 bridgehead atoms. The fourth-order valence-electron chi connectivity index (χ4n) is 2.38. The average molecular weight is 338 g/mol. The molecule has 0 rings (SSSR count). The zero-order chi connectivity index (χ0) is 17.0. The van der Waals surface area contributed by atoms with Crippen LogP contribution >= 0.6 is 7.82 Å². The van der Waals surface area contributed by atoms with Crippen molar-refractivity contribution in [2.75, 3.05) is 0 Å². The van der Waals surface area contributed by atoms with Crippen LogP contribution in [0.15, 0.2) is 0 Å². The lowest BCUT2D eigenvalue weighted by Gasteiger charge is -2.17. The molecule has 0 spiro atoms. The molecule has 0 aliphatic carbocycles. The van der Waals surface area contributed by atoms with E-state index < -0.39 is 7.82 Å². The van der Waals surface area contributed by atoms with E-state index in [2.05, 4.69) is 32.4 Å². The summed E-state index contributed by atoms with van der Waals surface area (Å²) in [6, 6.07) is 0. The minimum absolute atomic E-state index is 0.223. The molecule has 6 heteroatoms. The van der Waals surface area contributed by atoms with Gasteiger partial charge in [-0.15, -0.1) is 4.67 Å². The third kappa shape index (κ3) is 16.4. The Bertz CT molecular complexity index is 301. The Hall–Kier alpha value is 0.0700. The second kappa shape index (κ2) is 12.5. The number of rotatable bonds is 14. The molecule has 0 heterocycles. The van der Waals surface area contributed by atoms with Crippen LogP contribution < -0.4 is 0 Å². The first-order valence-corrected chi connectivity index (χ1v) is 10.1. The standard InChI is InChI=1S/C16H35O5P/c1-14(2)10-6-5-7-12-16(20-21-22(17,18)19)13-9-8-11-15(3)4/h14-16H,5-13H2,1-4H3,(H2,17,18,19). The van der Waals surface area contributed by atoms with Gasteiger partial charge in [0.1, 0.15) is 0 Å². The summed E-state index contributed by atoms with van der Waals surface area (Å²) in [6.45, 7) is 8.82. The average Bonchev–Trinajstić information content (AvgIpc) is 2.37. The molecule has 1 atom stereocenters. The van der Waals surface area contributed by atoms with E-state index in [1.807, 2.05) is 0 Å². The molecule has 0 aliphatic rings. The Morgan fingerprint density at radius 3 is 1.64 bits per heavy atom. The highest BCUT2D eigenvalue weighted by molar-refractivity contribution is 7.46. The third-order valence-corrected chi connectivity index (χ3v) is 3.92. The molecule has 1 unspecified atom stereocenters. The highest BCUT2D eigenvalue weighted by Gasteiger charge is 2.19. The van der Waals surface area contributed by atoms with E-state index >= 15 is 0 Å². The number of hydrogen-bond donors (Lipinski definition) is 2. The topological polar surface area (TPSA) is 76.0 Å². The number of phosphoric acid groups is 1. The largest absolute Gasteiger partial charge is 0.496 e. The first-order valence-electron chi connectivity index (χ1n) is 8.61. The van der Waals surface area contributed by atoms with Crippen LogP contribution in [0.1, 0.15) is 85.5 Å². The lowest BCUT2D eigenvalue weighted by molar-refractivity contribution is -0.261. The molecule has 0 aromatic rings. The molecule has 0 fully saturated rings. The van der Waals surface area contributed by atoms with E-state index in [1.165, 1.54) is 19.3 Å². The van der Waals surface area contributed by atoms with Crippen molar-refractivity contribution >= 4 is 7.82 Å². The Balaban J connectivity index is 3.97. The fraction of sp³-hybridized carbons (Fsp3) is 1.00. The van der Waals surface area contributed by atoms with Crippen LogP contribution in [-0.4, -0.2) is 15.9 Å². The molecule has 22 heavy (non-hydrogen) atoms. The number of hydrogen-bond acceptors (Lipinski definition) is 3. The van der Waals surface area contributed by atoms with Crippen molar-refractivity contribution < 1.29 is 23.9 Å². The molecule has 0 saturated heterocycles. The summed E-state index contributed by atoms with van der Waals surface area (Å²) in [5.74, 6) is 1.41. The summed E-state index contributed by atoms with van der Waals surface area (Å²) < 4.78 is 15.0. The predicted octanol–water partition coefficient (Wildman–Crippen LogP) is 5.22. The molecular weight excluding hydrogens is 303 g/mol. The van der Waals surface area contributed by atoms with Crippen molar-refractivity contribution in [1.82, 2.24) is 0 Å². The maximum absolute atomic E-state index is 10.8. The Kier molecular flexibility index (Phi) is 12.5. The third-order valence-electron chi connectivity index (χ3n) is 3.64. The molecule has 0 radical (unpaired) electrons. The Labute approximate surface area is 136 Å². The summed E-state index contributed by atoms with van der Waals surface area (Å²) in [7, 11) is -4.55. The van der Waals surface area contributed by atoms with Gasteiger partial charge in [-0.05, 0) is 24.7 Å². The fourth-order valence-corrected chi connectivity index (χ4v) is 2.62. The van der Waals surface area contributed by atoms with E-state index in [1.54, 1.807) is 0 Å². The van der Waals surface area contributed by atoms with E-state index in [4.69, 9.17) is 14.7 Å². The molecule has 0 aromatic heterocycles. The molecule has 0 saturated carbocycles. The molecule has 0 aliphatic heterocycles. The highest BCUT2D eigenvalue weighted by atomic mass is 31.2. The van der Waals surface area contributed by atoms with Gasteiger partial charge >= 0.3 is 7.82 Å². The normalized spacial score (nSPS) is 14.0. The second-order valence-corrected chi connectivity index (χ2v) is 8.12. The van der Waals surface area contributed by atoms with Gasteiger partial charge in [-0.3, -0.25) is 0 Å². The van der Waals surface area contributed by atoms with Gasteiger partial charge in [-0.2, -0.15) is 0 Å². The summed E-state index contributed by atoms with van der Waals surface area (Å²) in [4.78, 5) is 22.5. The van der Waals surface area contributed by atoms with Gasteiger partial charge in [0.2, 0.25) is 0 Å². The Morgan fingerprint density at radius 2 is 1.18 bits per heavy atom. The smallest absolute Gasteiger partial charge is 0.301 e. The first kappa shape index (κ1) is 22.1. The van der Waals surface area contributed by atoms with Gasteiger partial charge in [-0.1, -0.05) is 72.6 Å². The van der Waals surface area contributed by atoms with Crippen molar-refractivity contribution in [1.29, 1.82) is 0 Å². The highest BCUT2D eigenvalue weighted by Crippen LogP contribution is 2.37. The summed E-state index contributed by atoms with van der Waals surface area (Å²) in [5.41, 5.74) is 0. The van der Waals surface area contributed by atoms with Crippen LogP contribution in [0, 0.1) is 11.8 Å². The lowest BCUT2D eigenvalue weighted by atomic mass is 10.00. The van der Waals surface area contributed by atoms with Crippen LogP contribution in [0.4, 0.5) is 0 Å². The Morgan fingerprint density at radius 1 is 0.773 bits per heavy atom. The van der Waals surface area contributed by atoms with Gasteiger partial charge in [0.25, 0.3) is 0 Å². The van der Waals surface area contributed by atoms with Crippen LogP contribution in [0.25, 0.3) is 0 Å². The first-order chi connectivity index (χ1) is 10.2. The zero-order valence-electron chi connectivity index (χ0n) is 14.7. The molecule has 2 N–H and O–H groups in total. The van der Waals surface area contributed by atoms with Crippen molar-refractivity contribution in [3.63, 3.8) is 0 Å². The monoisotopic (exact) mass is 338 g/mol. The van der Waals surface area contributed by atoms with Crippen LogP contribution in [0.5, 0.6) is 0 Å². The molecule has 134 valence electrons. The van der Waals surface area contributed by atoms with E-state index in [0.717, 1.165) is 44.4 Å². The van der Waals surface area contributed by atoms with Gasteiger partial charge < -0.3 is 9.79 Å². The summed E-state index contributed by atoms with van der Waals surface area (Å²) in [6.07, 6.45) is 9.18.